The van der Waals surface area contributed by atoms with Gasteiger partial charge in [0.15, 0.2) is 0 Å². The van der Waals surface area contributed by atoms with Crippen molar-refractivity contribution >= 4 is 39.9 Å². The Balaban J connectivity index is 2.44. The second-order valence-corrected chi connectivity index (χ2v) is 5.53. The monoisotopic (exact) mass is 334 g/mol. The van der Waals surface area contributed by atoms with Gasteiger partial charge in [0.1, 0.15) is 11.6 Å². The number of benzene rings is 1. The number of fused-ring (bicyclic) bond motifs is 1. The molecule has 0 radical (unpaired) electrons. The molecule has 112 valence electrons. The van der Waals surface area contributed by atoms with Gasteiger partial charge in [-0.15, -0.1) is 0 Å². The van der Waals surface area contributed by atoms with Crippen LogP contribution >= 0.6 is 23.2 Å². The first kappa shape index (κ1) is 14.8. The highest BCUT2D eigenvalue weighted by atomic mass is 35.5. The molecule has 0 amide bonds. The fourth-order valence-corrected chi connectivity index (χ4v) is 2.73. The summed E-state index contributed by atoms with van der Waals surface area (Å²) < 4.78 is 1.48. The maximum absolute atomic E-state index is 12.9. The normalized spacial score (nSPS) is 11.0. The van der Waals surface area contributed by atoms with Crippen LogP contribution in [0.5, 0.6) is 0 Å². The number of aryl methyl sites for hydroxylation is 1. The first-order valence-corrected chi connectivity index (χ1v) is 7.40. The van der Waals surface area contributed by atoms with Crippen LogP contribution in [0.1, 0.15) is 12.7 Å². The van der Waals surface area contributed by atoms with E-state index in [9.17, 15) is 4.79 Å². The minimum atomic E-state index is -0.277. The number of anilines is 1. The maximum atomic E-state index is 12.9. The maximum Gasteiger partial charge on any atom is 0.267 e. The third kappa shape index (κ3) is 2.32. The van der Waals surface area contributed by atoms with Gasteiger partial charge < -0.3 is 5.73 Å². The van der Waals surface area contributed by atoms with E-state index in [4.69, 9.17) is 28.9 Å². The van der Waals surface area contributed by atoms with E-state index in [-0.39, 0.29) is 5.56 Å². The van der Waals surface area contributed by atoms with Gasteiger partial charge in [-0.1, -0.05) is 30.1 Å². The standard InChI is InChI=1S/C15H12Cl2N4O/c1-2-12-20-14-10(17)5-4-9(16)13(14)15(22)21(12)8-3-6-11(18)19-7-8/h3-7H,2H2,1H3,(H2,18,19). The first-order chi connectivity index (χ1) is 10.5. The first-order valence-electron chi connectivity index (χ1n) is 6.64. The molecular formula is C15H12Cl2N4O. The molecule has 0 aliphatic heterocycles. The number of nitrogen functional groups attached to an aromatic ring is 1. The van der Waals surface area contributed by atoms with E-state index in [0.717, 1.165) is 0 Å². The molecule has 2 heterocycles. The van der Waals surface area contributed by atoms with Gasteiger partial charge in [-0.3, -0.25) is 9.36 Å². The zero-order chi connectivity index (χ0) is 15.9. The largest absolute Gasteiger partial charge is 0.384 e. The van der Waals surface area contributed by atoms with Crippen molar-refractivity contribution in [2.75, 3.05) is 5.73 Å². The highest BCUT2D eigenvalue weighted by molar-refractivity contribution is 6.39. The van der Waals surface area contributed by atoms with E-state index >= 15 is 0 Å². The molecule has 0 unspecified atom stereocenters. The molecular weight excluding hydrogens is 323 g/mol. The zero-order valence-corrected chi connectivity index (χ0v) is 13.2. The number of rotatable bonds is 2. The number of halogens is 2. The fraction of sp³-hybridized carbons (Fsp3) is 0.133. The molecule has 2 aromatic heterocycles. The number of pyridine rings is 1. The van der Waals surface area contributed by atoms with Crippen LogP contribution in [0.4, 0.5) is 5.82 Å². The molecule has 0 fully saturated rings. The number of nitrogens with two attached hydrogens (primary N) is 1. The lowest BCUT2D eigenvalue weighted by molar-refractivity contribution is 0.830. The van der Waals surface area contributed by atoms with Crippen LogP contribution in [0.25, 0.3) is 16.6 Å². The van der Waals surface area contributed by atoms with Crippen molar-refractivity contribution in [2.24, 2.45) is 0 Å². The van der Waals surface area contributed by atoms with E-state index in [0.29, 0.717) is 44.7 Å². The Hall–Kier alpha value is -2.11. The minimum Gasteiger partial charge on any atom is -0.384 e. The smallest absolute Gasteiger partial charge is 0.267 e. The predicted molar refractivity (Wildman–Crippen MR) is 88.9 cm³/mol. The van der Waals surface area contributed by atoms with Crippen LogP contribution in [0, 0.1) is 0 Å². The van der Waals surface area contributed by atoms with Gasteiger partial charge in [0.05, 0.1) is 32.8 Å². The van der Waals surface area contributed by atoms with Crippen molar-refractivity contribution in [2.45, 2.75) is 13.3 Å². The predicted octanol–water partition coefficient (Wildman–Crippen LogP) is 3.23. The van der Waals surface area contributed by atoms with E-state index in [2.05, 4.69) is 9.97 Å². The SMILES string of the molecule is CCc1nc2c(Cl)ccc(Cl)c2c(=O)n1-c1ccc(N)nc1. The van der Waals surface area contributed by atoms with Crippen LogP contribution < -0.4 is 11.3 Å². The molecule has 3 rings (SSSR count). The number of nitrogens with zero attached hydrogens (tertiary/aromatic N) is 3. The van der Waals surface area contributed by atoms with Crippen LogP contribution in [0.3, 0.4) is 0 Å². The summed E-state index contributed by atoms with van der Waals surface area (Å²) in [7, 11) is 0. The molecule has 0 spiro atoms. The zero-order valence-electron chi connectivity index (χ0n) is 11.7. The second kappa shape index (κ2) is 5.59. The third-order valence-corrected chi connectivity index (χ3v) is 3.96. The summed E-state index contributed by atoms with van der Waals surface area (Å²) in [6.45, 7) is 1.91. The molecule has 0 saturated carbocycles. The topological polar surface area (TPSA) is 73.8 Å². The lowest BCUT2D eigenvalue weighted by Crippen LogP contribution is -2.24. The number of hydrogen-bond donors (Lipinski definition) is 1. The lowest BCUT2D eigenvalue weighted by atomic mass is 10.2. The van der Waals surface area contributed by atoms with Gasteiger partial charge in [0, 0.05) is 6.42 Å². The van der Waals surface area contributed by atoms with Crippen LogP contribution in [0.2, 0.25) is 10.0 Å². The second-order valence-electron chi connectivity index (χ2n) is 4.72. The van der Waals surface area contributed by atoms with Crippen molar-refractivity contribution in [1.29, 1.82) is 0 Å². The van der Waals surface area contributed by atoms with Crippen molar-refractivity contribution in [1.82, 2.24) is 14.5 Å². The Kier molecular flexibility index (Phi) is 3.76. The molecule has 1 aromatic carbocycles. The molecule has 22 heavy (non-hydrogen) atoms. The molecule has 7 heteroatoms. The molecule has 0 aliphatic rings. The van der Waals surface area contributed by atoms with Gasteiger partial charge in [-0.05, 0) is 24.3 Å². The highest BCUT2D eigenvalue weighted by Crippen LogP contribution is 2.26. The Labute approximate surface area is 136 Å². The van der Waals surface area contributed by atoms with Crippen molar-refractivity contribution < 1.29 is 0 Å². The Bertz CT molecular complexity index is 919. The summed E-state index contributed by atoms with van der Waals surface area (Å²) in [5, 5.41) is 1.01. The van der Waals surface area contributed by atoms with Crippen LogP contribution in [-0.4, -0.2) is 14.5 Å². The van der Waals surface area contributed by atoms with Crippen molar-refractivity contribution in [3.8, 4) is 5.69 Å². The molecule has 0 bridgehead atoms. The minimum absolute atomic E-state index is 0.277. The summed E-state index contributed by atoms with van der Waals surface area (Å²) in [6.07, 6.45) is 2.08. The average molecular weight is 335 g/mol. The van der Waals surface area contributed by atoms with E-state index in [1.807, 2.05) is 6.92 Å². The van der Waals surface area contributed by atoms with E-state index in [1.165, 1.54) is 10.8 Å². The van der Waals surface area contributed by atoms with Gasteiger partial charge in [-0.2, -0.15) is 0 Å². The van der Waals surface area contributed by atoms with Crippen molar-refractivity contribution in [3.63, 3.8) is 0 Å². The van der Waals surface area contributed by atoms with Crippen molar-refractivity contribution in [3.05, 3.63) is 56.7 Å². The van der Waals surface area contributed by atoms with E-state index < -0.39 is 0 Å². The van der Waals surface area contributed by atoms with Crippen LogP contribution in [0.15, 0.2) is 35.3 Å². The molecule has 0 saturated heterocycles. The van der Waals surface area contributed by atoms with Gasteiger partial charge in [0.2, 0.25) is 0 Å². The van der Waals surface area contributed by atoms with Gasteiger partial charge in [0.25, 0.3) is 5.56 Å². The van der Waals surface area contributed by atoms with Gasteiger partial charge in [-0.25, -0.2) is 9.97 Å². The summed E-state index contributed by atoms with van der Waals surface area (Å²) >= 11 is 12.3. The molecule has 2 N–H and O–H groups in total. The molecule has 0 aliphatic carbocycles. The van der Waals surface area contributed by atoms with E-state index in [1.54, 1.807) is 24.3 Å². The molecule has 3 aromatic rings. The quantitative estimate of drug-likeness (QED) is 0.780. The summed E-state index contributed by atoms with van der Waals surface area (Å²) in [5.74, 6) is 0.956. The van der Waals surface area contributed by atoms with Crippen LogP contribution in [-0.2, 0) is 6.42 Å². The highest BCUT2D eigenvalue weighted by Gasteiger charge is 2.16. The average Bonchev–Trinajstić information content (AvgIpc) is 2.51. The Morgan fingerprint density at radius 1 is 1.18 bits per heavy atom. The Morgan fingerprint density at radius 3 is 2.55 bits per heavy atom. The fourth-order valence-electron chi connectivity index (χ4n) is 2.30. The summed E-state index contributed by atoms with van der Waals surface area (Å²) in [6, 6.07) is 6.57. The summed E-state index contributed by atoms with van der Waals surface area (Å²) in [5.41, 5.74) is 6.32. The number of aromatic nitrogens is 3. The summed E-state index contributed by atoms with van der Waals surface area (Å²) in [4.78, 5) is 21.4. The molecule has 0 atom stereocenters. The third-order valence-electron chi connectivity index (χ3n) is 3.34. The van der Waals surface area contributed by atoms with Gasteiger partial charge >= 0.3 is 0 Å². The Morgan fingerprint density at radius 2 is 1.91 bits per heavy atom. The molecule has 5 nitrogen and oxygen atoms in total. The lowest BCUT2D eigenvalue weighted by Gasteiger charge is -2.13. The number of hydrogen-bond acceptors (Lipinski definition) is 4.